The lowest BCUT2D eigenvalue weighted by Gasteiger charge is -2.38. The van der Waals surface area contributed by atoms with Crippen molar-refractivity contribution >= 4 is 29.7 Å². The molecule has 1 saturated carbocycles. The van der Waals surface area contributed by atoms with Crippen molar-refractivity contribution in [2.75, 3.05) is 0 Å². The Hall–Kier alpha value is -0.533. The normalized spacial score (nSPS) is 23.3. The van der Waals surface area contributed by atoms with Gasteiger partial charge >= 0.3 is 0 Å². The monoisotopic (exact) mass is 262 g/mol. The van der Waals surface area contributed by atoms with Crippen LogP contribution < -0.4 is 0 Å². The number of rotatable bonds is 2. The summed E-state index contributed by atoms with van der Waals surface area (Å²) >= 11 is 7.02. The van der Waals surface area contributed by atoms with Gasteiger partial charge in [0.25, 0.3) is 0 Å². The molecule has 2 heteroatoms. The molecule has 0 amide bonds. The van der Waals surface area contributed by atoms with Crippen molar-refractivity contribution in [1.29, 1.82) is 0 Å². The molecule has 0 spiro atoms. The van der Waals surface area contributed by atoms with E-state index in [1.165, 1.54) is 48.4 Å². The summed E-state index contributed by atoms with van der Waals surface area (Å²) in [7, 11) is -1.74. The van der Waals surface area contributed by atoms with Gasteiger partial charge in [0.1, 0.15) is 0 Å². The fourth-order valence-corrected chi connectivity index (χ4v) is 7.54. The summed E-state index contributed by atoms with van der Waals surface area (Å²) in [6, 6.07) is 8.68. The Morgan fingerprint density at radius 3 is 2.53 bits per heavy atom. The van der Waals surface area contributed by atoms with Crippen LogP contribution >= 0.6 is 11.1 Å². The zero-order valence-electron chi connectivity index (χ0n) is 10.4. The molecule has 90 valence electrons. The molecule has 0 aromatic heterocycles. The molecule has 0 radical (unpaired) electrons. The van der Waals surface area contributed by atoms with E-state index in [0.717, 1.165) is 5.54 Å². The van der Waals surface area contributed by atoms with Crippen LogP contribution in [-0.4, -0.2) is 7.38 Å². The van der Waals surface area contributed by atoms with Crippen molar-refractivity contribution in [2.24, 2.45) is 0 Å². The van der Waals surface area contributed by atoms with E-state index in [1.54, 1.807) is 0 Å². The van der Waals surface area contributed by atoms with Gasteiger partial charge in [-0.15, -0.1) is 0 Å². The van der Waals surface area contributed by atoms with Gasteiger partial charge in [0.15, 0.2) is 7.38 Å². The Morgan fingerprint density at radius 1 is 1.12 bits per heavy atom. The highest BCUT2D eigenvalue weighted by atomic mass is 35.6. The number of hydrogen-bond acceptors (Lipinski definition) is 0. The predicted molar refractivity (Wildman–Crippen MR) is 78.6 cm³/mol. The molecule has 0 bridgehead atoms. The molecule has 3 rings (SSSR count). The molecular weight excluding hydrogens is 244 g/mol. The average Bonchev–Trinajstić information content (AvgIpc) is 2.32. The lowest BCUT2D eigenvalue weighted by Crippen LogP contribution is -2.35. The minimum atomic E-state index is -1.74. The van der Waals surface area contributed by atoms with Crippen LogP contribution in [0.3, 0.4) is 0 Å². The second-order valence-electron chi connectivity index (χ2n) is 5.56. The highest BCUT2D eigenvalue weighted by Gasteiger charge is 2.42. The lowest BCUT2D eigenvalue weighted by molar-refractivity contribution is 0.497. The van der Waals surface area contributed by atoms with Gasteiger partial charge in [-0.3, -0.25) is 0 Å². The van der Waals surface area contributed by atoms with Crippen molar-refractivity contribution in [3.8, 4) is 0 Å². The predicted octanol–water partition coefficient (Wildman–Crippen LogP) is 5.23. The van der Waals surface area contributed by atoms with Crippen molar-refractivity contribution in [1.82, 2.24) is 0 Å². The third kappa shape index (κ3) is 1.90. The fourth-order valence-electron chi connectivity index (χ4n) is 3.29. The summed E-state index contributed by atoms with van der Waals surface area (Å²) in [6.07, 6.45) is 9.22. The van der Waals surface area contributed by atoms with Crippen LogP contribution in [0.15, 0.2) is 24.3 Å². The fraction of sp³-hybridized carbons (Fsp3) is 0.467. The molecule has 0 saturated heterocycles. The summed E-state index contributed by atoms with van der Waals surface area (Å²) in [5.74, 6) is 0. The molecule has 0 nitrogen and oxygen atoms in total. The maximum atomic E-state index is 7.02. The van der Waals surface area contributed by atoms with Crippen LogP contribution in [0.5, 0.6) is 0 Å². The molecule has 2 aliphatic rings. The van der Waals surface area contributed by atoms with Crippen LogP contribution in [0.25, 0.3) is 11.3 Å². The molecule has 17 heavy (non-hydrogen) atoms. The first-order chi connectivity index (χ1) is 8.19. The molecular formula is C15H19ClSi. The van der Waals surface area contributed by atoms with Gasteiger partial charge in [0.2, 0.25) is 0 Å². The first-order valence-corrected chi connectivity index (χ1v) is 10.3. The highest BCUT2D eigenvalue weighted by Crippen LogP contribution is 2.50. The van der Waals surface area contributed by atoms with Crippen LogP contribution in [-0.2, 0) is 0 Å². The SMILES string of the molecule is C[Si](Cl)(C1=Cc2ccccc21)C1CCCCC1. The molecule has 0 aliphatic heterocycles. The van der Waals surface area contributed by atoms with Gasteiger partial charge in [-0.05, 0) is 21.9 Å². The molecule has 0 heterocycles. The van der Waals surface area contributed by atoms with E-state index in [2.05, 4.69) is 36.9 Å². The number of halogens is 1. The van der Waals surface area contributed by atoms with Crippen LogP contribution in [0.1, 0.15) is 43.2 Å². The van der Waals surface area contributed by atoms with Crippen LogP contribution in [0.2, 0.25) is 12.1 Å². The van der Waals surface area contributed by atoms with Crippen molar-refractivity contribution in [3.63, 3.8) is 0 Å². The van der Waals surface area contributed by atoms with Crippen LogP contribution in [0, 0.1) is 0 Å². The quantitative estimate of drug-likeness (QED) is 0.506. The summed E-state index contributed by atoms with van der Waals surface area (Å²) < 4.78 is 0. The Morgan fingerprint density at radius 2 is 1.82 bits per heavy atom. The number of hydrogen-bond donors (Lipinski definition) is 0. The Balaban J connectivity index is 1.85. The van der Waals surface area contributed by atoms with Gasteiger partial charge in [0.05, 0.1) is 0 Å². The number of fused-ring (bicyclic) bond motifs is 1. The van der Waals surface area contributed by atoms with E-state index in [-0.39, 0.29) is 0 Å². The van der Waals surface area contributed by atoms with E-state index >= 15 is 0 Å². The van der Waals surface area contributed by atoms with Gasteiger partial charge in [-0.1, -0.05) is 69.0 Å². The Kier molecular flexibility index (Phi) is 2.92. The minimum absolute atomic E-state index is 0.789. The molecule has 0 N–H and O–H groups in total. The Labute approximate surface area is 109 Å². The third-order valence-corrected chi connectivity index (χ3v) is 9.56. The zero-order chi connectivity index (χ0) is 11.9. The van der Waals surface area contributed by atoms with E-state index < -0.39 is 7.38 Å². The summed E-state index contributed by atoms with van der Waals surface area (Å²) in [5, 5.41) is 1.50. The molecule has 1 fully saturated rings. The van der Waals surface area contributed by atoms with Gasteiger partial charge in [-0.25, -0.2) is 0 Å². The molecule has 1 unspecified atom stereocenters. The second-order valence-corrected chi connectivity index (χ2v) is 11.4. The van der Waals surface area contributed by atoms with E-state index in [0.29, 0.717) is 0 Å². The van der Waals surface area contributed by atoms with Crippen LogP contribution in [0.4, 0.5) is 0 Å². The van der Waals surface area contributed by atoms with Gasteiger partial charge in [0, 0.05) is 0 Å². The molecule has 1 atom stereocenters. The van der Waals surface area contributed by atoms with E-state index in [9.17, 15) is 0 Å². The largest absolute Gasteiger partial charge is 0.187 e. The summed E-state index contributed by atoms with van der Waals surface area (Å²) in [4.78, 5) is 0. The molecule has 1 aromatic carbocycles. The summed E-state index contributed by atoms with van der Waals surface area (Å²) in [5.41, 5.74) is 3.61. The highest BCUT2D eigenvalue weighted by molar-refractivity contribution is 7.31. The average molecular weight is 263 g/mol. The van der Waals surface area contributed by atoms with Gasteiger partial charge < -0.3 is 0 Å². The third-order valence-electron chi connectivity index (χ3n) is 4.45. The maximum absolute atomic E-state index is 7.02. The lowest BCUT2D eigenvalue weighted by atomic mass is 9.97. The van der Waals surface area contributed by atoms with Gasteiger partial charge in [-0.2, -0.15) is 11.1 Å². The van der Waals surface area contributed by atoms with Crippen molar-refractivity contribution in [3.05, 3.63) is 35.4 Å². The molecule has 1 aromatic rings. The number of benzene rings is 1. The molecule has 2 aliphatic carbocycles. The minimum Gasteiger partial charge on any atom is -0.161 e. The zero-order valence-corrected chi connectivity index (χ0v) is 12.1. The van der Waals surface area contributed by atoms with E-state index in [1.807, 2.05) is 0 Å². The maximum Gasteiger partial charge on any atom is 0.187 e. The van der Waals surface area contributed by atoms with Crippen molar-refractivity contribution < 1.29 is 0 Å². The van der Waals surface area contributed by atoms with Crippen molar-refractivity contribution in [2.45, 2.75) is 44.2 Å². The smallest absolute Gasteiger partial charge is 0.161 e. The first-order valence-electron chi connectivity index (χ1n) is 6.70. The standard InChI is InChI=1S/C15H19ClSi/c1-17(16,13-8-3-2-4-9-13)15-11-12-7-5-6-10-14(12)15/h5-7,10-11,13H,2-4,8-9H2,1H3. The summed E-state index contributed by atoms with van der Waals surface area (Å²) in [6.45, 7) is 2.35. The second kappa shape index (κ2) is 4.29. The topological polar surface area (TPSA) is 0 Å². The van der Waals surface area contributed by atoms with E-state index in [4.69, 9.17) is 11.1 Å². The first kappa shape index (κ1) is 11.6. The Bertz CT molecular complexity index is 456.